The van der Waals surface area contributed by atoms with Crippen LogP contribution in [0.2, 0.25) is 0 Å². The molecule has 0 atom stereocenters. The molecule has 0 fully saturated rings. The van der Waals surface area contributed by atoms with Gasteiger partial charge in [0.1, 0.15) is 5.60 Å². The third kappa shape index (κ3) is 3.29. The molecule has 3 nitrogen and oxygen atoms in total. The molecule has 0 rings (SSSR count). The lowest BCUT2D eigenvalue weighted by atomic mass is 10.1. The smallest absolute Gasteiger partial charge is 0.254 e. The van der Waals surface area contributed by atoms with Crippen LogP contribution in [0.5, 0.6) is 0 Å². The molecule has 0 aliphatic carbocycles. The van der Waals surface area contributed by atoms with Crippen molar-refractivity contribution in [2.24, 2.45) is 0 Å². The second-order valence-electron chi connectivity index (χ2n) is 4.31. The van der Waals surface area contributed by atoms with Gasteiger partial charge in [-0.25, -0.2) is 0 Å². The van der Waals surface area contributed by atoms with Gasteiger partial charge in [-0.2, -0.15) is 0 Å². The molecule has 0 N–H and O–H groups in total. The van der Waals surface area contributed by atoms with Crippen LogP contribution in [0.15, 0.2) is 0 Å². The van der Waals surface area contributed by atoms with E-state index in [1.165, 1.54) is 0 Å². The van der Waals surface area contributed by atoms with Crippen LogP contribution in [0.1, 0.15) is 41.0 Å². The number of hydrogen-bond acceptors (Lipinski definition) is 2. The van der Waals surface area contributed by atoms with E-state index in [9.17, 15) is 4.79 Å². The molecular formula is C11H23NO2. The second kappa shape index (κ2) is 5.35. The summed E-state index contributed by atoms with van der Waals surface area (Å²) in [7, 11) is 1.57. The van der Waals surface area contributed by atoms with Crippen LogP contribution in [0.4, 0.5) is 0 Å². The Morgan fingerprint density at radius 1 is 1.43 bits per heavy atom. The maximum absolute atomic E-state index is 12.0. The summed E-state index contributed by atoms with van der Waals surface area (Å²) in [6.07, 6.45) is 0.976. The molecule has 14 heavy (non-hydrogen) atoms. The van der Waals surface area contributed by atoms with E-state index in [1.807, 2.05) is 18.7 Å². The van der Waals surface area contributed by atoms with Gasteiger partial charge < -0.3 is 9.64 Å². The molecule has 0 saturated carbocycles. The van der Waals surface area contributed by atoms with Gasteiger partial charge in [0, 0.05) is 19.7 Å². The molecule has 0 aromatic carbocycles. The third-order valence-corrected chi connectivity index (χ3v) is 2.37. The number of amides is 1. The van der Waals surface area contributed by atoms with E-state index in [2.05, 4.69) is 6.92 Å². The van der Waals surface area contributed by atoms with Crippen molar-refractivity contribution >= 4 is 5.91 Å². The standard InChI is InChI=1S/C11H23NO2/c1-7-8-12(9(2)3)10(13)11(4,5)14-6/h9H,7-8H2,1-6H3. The van der Waals surface area contributed by atoms with Crippen molar-refractivity contribution < 1.29 is 9.53 Å². The fourth-order valence-electron chi connectivity index (χ4n) is 1.27. The zero-order valence-electron chi connectivity index (χ0n) is 10.3. The summed E-state index contributed by atoms with van der Waals surface area (Å²) >= 11 is 0. The highest BCUT2D eigenvalue weighted by Crippen LogP contribution is 2.14. The Hall–Kier alpha value is -0.570. The van der Waals surface area contributed by atoms with E-state index in [0.717, 1.165) is 13.0 Å². The average molecular weight is 201 g/mol. The minimum Gasteiger partial charge on any atom is -0.369 e. The first-order chi connectivity index (χ1) is 6.36. The van der Waals surface area contributed by atoms with E-state index < -0.39 is 5.60 Å². The normalized spacial score (nSPS) is 11.9. The molecule has 0 aliphatic rings. The fraction of sp³-hybridized carbons (Fsp3) is 0.909. The van der Waals surface area contributed by atoms with E-state index in [-0.39, 0.29) is 11.9 Å². The number of nitrogens with zero attached hydrogens (tertiary/aromatic N) is 1. The Morgan fingerprint density at radius 3 is 2.21 bits per heavy atom. The number of hydrogen-bond donors (Lipinski definition) is 0. The van der Waals surface area contributed by atoms with E-state index in [0.29, 0.717) is 0 Å². The van der Waals surface area contributed by atoms with Crippen molar-refractivity contribution in [2.75, 3.05) is 13.7 Å². The molecule has 1 amide bonds. The van der Waals surface area contributed by atoms with Crippen molar-refractivity contribution in [1.82, 2.24) is 4.90 Å². The molecule has 0 saturated heterocycles. The molecule has 0 radical (unpaired) electrons. The van der Waals surface area contributed by atoms with Gasteiger partial charge in [-0.15, -0.1) is 0 Å². The summed E-state index contributed by atoms with van der Waals surface area (Å²) in [5, 5.41) is 0. The van der Waals surface area contributed by atoms with Crippen LogP contribution in [0.25, 0.3) is 0 Å². The monoisotopic (exact) mass is 201 g/mol. The van der Waals surface area contributed by atoms with Gasteiger partial charge in [0.15, 0.2) is 0 Å². The number of ether oxygens (including phenoxy) is 1. The first kappa shape index (κ1) is 13.4. The largest absolute Gasteiger partial charge is 0.369 e. The molecule has 0 bridgehead atoms. The van der Waals surface area contributed by atoms with Gasteiger partial charge >= 0.3 is 0 Å². The van der Waals surface area contributed by atoms with E-state index in [4.69, 9.17) is 4.74 Å². The summed E-state index contributed by atoms with van der Waals surface area (Å²) < 4.78 is 5.19. The van der Waals surface area contributed by atoms with E-state index in [1.54, 1.807) is 21.0 Å². The highest BCUT2D eigenvalue weighted by atomic mass is 16.5. The molecule has 3 heteroatoms. The van der Waals surface area contributed by atoms with Crippen molar-refractivity contribution in [1.29, 1.82) is 0 Å². The third-order valence-electron chi connectivity index (χ3n) is 2.37. The Bertz CT molecular complexity index is 188. The molecule has 0 aromatic heterocycles. The molecule has 0 aliphatic heterocycles. The second-order valence-corrected chi connectivity index (χ2v) is 4.31. The number of rotatable bonds is 5. The van der Waals surface area contributed by atoms with Crippen molar-refractivity contribution in [3.63, 3.8) is 0 Å². The minimum absolute atomic E-state index is 0.0665. The SMILES string of the molecule is CCCN(C(=O)C(C)(C)OC)C(C)C. The lowest BCUT2D eigenvalue weighted by molar-refractivity contribution is -0.152. The number of methoxy groups -OCH3 is 1. The predicted octanol–water partition coefficient (Wildman–Crippen LogP) is 2.06. The van der Waals surface area contributed by atoms with Crippen LogP contribution in [-0.4, -0.2) is 36.1 Å². The molecule has 0 heterocycles. The maximum Gasteiger partial charge on any atom is 0.254 e. The zero-order chi connectivity index (χ0) is 11.4. The Kier molecular flexibility index (Phi) is 5.13. The topological polar surface area (TPSA) is 29.5 Å². The summed E-state index contributed by atoms with van der Waals surface area (Å²) in [4.78, 5) is 13.9. The minimum atomic E-state index is -0.709. The molecular weight excluding hydrogens is 178 g/mol. The van der Waals surface area contributed by atoms with E-state index >= 15 is 0 Å². The molecule has 0 unspecified atom stereocenters. The zero-order valence-corrected chi connectivity index (χ0v) is 10.3. The number of carbonyl (C=O) groups is 1. The molecule has 0 spiro atoms. The molecule has 0 aromatic rings. The first-order valence-electron chi connectivity index (χ1n) is 5.23. The van der Waals surface area contributed by atoms with Crippen LogP contribution in [-0.2, 0) is 9.53 Å². The molecule has 84 valence electrons. The van der Waals surface area contributed by atoms with Gasteiger partial charge in [-0.1, -0.05) is 6.92 Å². The lowest BCUT2D eigenvalue weighted by Gasteiger charge is -2.33. The lowest BCUT2D eigenvalue weighted by Crippen LogP contribution is -2.49. The summed E-state index contributed by atoms with van der Waals surface area (Å²) in [6.45, 7) is 10.5. The van der Waals surface area contributed by atoms with Gasteiger partial charge in [0.2, 0.25) is 0 Å². The predicted molar refractivity (Wildman–Crippen MR) is 58.2 cm³/mol. The highest BCUT2D eigenvalue weighted by Gasteiger charge is 2.32. The van der Waals surface area contributed by atoms with Crippen LogP contribution >= 0.6 is 0 Å². The summed E-state index contributed by atoms with van der Waals surface area (Å²) in [5.74, 6) is 0.0665. The highest BCUT2D eigenvalue weighted by molar-refractivity contribution is 5.84. The maximum atomic E-state index is 12.0. The van der Waals surface area contributed by atoms with Gasteiger partial charge in [-0.3, -0.25) is 4.79 Å². The number of carbonyl (C=O) groups excluding carboxylic acids is 1. The van der Waals surface area contributed by atoms with Gasteiger partial charge in [-0.05, 0) is 34.1 Å². The van der Waals surface area contributed by atoms with Gasteiger partial charge in [0.25, 0.3) is 5.91 Å². The van der Waals surface area contributed by atoms with Crippen molar-refractivity contribution in [3.8, 4) is 0 Å². The first-order valence-corrected chi connectivity index (χ1v) is 5.23. The summed E-state index contributed by atoms with van der Waals surface area (Å²) in [5.41, 5.74) is -0.709. The van der Waals surface area contributed by atoms with Crippen molar-refractivity contribution in [2.45, 2.75) is 52.7 Å². The van der Waals surface area contributed by atoms with Crippen LogP contribution in [0, 0.1) is 0 Å². The van der Waals surface area contributed by atoms with Crippen LogP contribution in [0.3, 0.4) is 0 Å². The van der Waals surface area contributed by atoms with Crippen molar-refractivity contribution in [3.05, 3.63) is 0 Å². The summed E-state index contributed by atoms with van der Waals surface area (Å²) in [6, 6.07) is 0.233. The van der Waals surface area contributed by atoms with Crippen LogP contribution < -0.4 is 0 Å². The Balaban J connectivity index is 4.59. The fourth-order valence-corrected chi connectivity index (χ4v) is 1.27. The quantitative estimate of drug-likeness (QED) is 0.681. The Labute approximate surface area is 87.4 Å². The Morgan fingerprint density at radius 2 is 1.93 bits per heavy atom. The average Bonchev–Trinajstić information content (AvgIpc) is 2.12. The van der Waals surface area contributed by atoms with Gasteiger partial charge in [0.05, 0.1) is 0 Å².